The summed E-state index contributed by atoms with van der Waals surface area (Å²) in [6.45, 7) is 5.26. The first kappa shape index (κ1) is 23.1. The fraction of sp³-hybridized carbons (Fsp3) is 0.615. The summed E-state index contributed by atoms with van der Waals surface area (Å²) in [6.07, 6.45) is 6.64. The molecule has 2 heterocycles. The molecule has 6 nitrogen and oxygen atoms in total. The second kappa shape index (κ2) is 9.19. The monoisotopic (exact) mass is 473 g/mol. The molecule has 1 amide bonds. The van der Waals surface area contributed by atoms with Crippen LogP contribution >= 0.6 is 0 Å². The summed E-state index contributed by atoms with van der Waals surface area (Å²) in [4.78, 5) is 19.3. The maximum absolute atomic E-state index is 14.7. The fourth-order valence-electron chi connectivity index (χ4n) is 5.74. The first-order valence-electron chi connectivity index (χ1n) is 12.5. The number of alkyl halides is 1. The second-order valence-corrected chi connectivity index (χ2v) is 10.3. The van der Waals surface area contributed by atoms with E-state index in [0.29, 0.717) is 17.9 Å². The van der Waals surface area contributed by atoms with Crippen molar-refractivity contribution in [2.75, 3.05) is 30.0 Å². The number of carbonyl (C=O) groups excluding carboxylic acids is 1. The second-order valence-electron chi connectivity index (χ2n) is 10.3. The summed E-state index contributed by atoms with van der Waals surface area (Å²) in [5, 5.41) is 2.67. The molecule has 184 valence electrons. The Hall–Kier alpha value is -2.64. The average molecular weight is 474 g/mol. The molecule has 0 unspecified atom stereocenters. The van der Waals surface area contributed by atoms with Crippen molar-refractivity contribution in [1.29, 1.82) is 0 Å². The van der Waals surface area contributed by atoms with E-state index in [1.165, 1.54) is 18.9 Å². The lowest BCUT2D eigenvalue weighted by molar-refractivity contribution is 0.0112. The molecular formula is C26H33F2N3O3. The van der Waals surface area contributed by atoms with Crippen LogP contribution in [-0.4, -0.2) is 36.8 Å². The number of nitrogens with zero attached hydrogens (tertiary/aromatic N) is 2. The van der Waals surface area contributed by atoms with E-state index in [4.69, 9.17) is 9.15 Å². The van der Waals surface area contributed by atoms with Gasteiger partial charge in [-0.15, -0.1) is 0 Å². The molecule has 34 heavy (non-hydrogen) atoms. The molecule has 3 saturated carbocycles. The molecule has 0 radical (unpaired) electrons. The number of anilines is 2. The number of amides is 1. The van der Waals surface area contributed by atoms with Gasteiger partial charge in [0.15, 0.2) is 17.3 Å². The number of hydrogen-bond donors (Lipinski definition) is 1. The van der Waals surface area contributed by atoms with Gasteiger partial charge in [-0.1, -0.05) is 13.8 Å². The Morgan fingerprint density at radius 1 is 1.21 bits per heavy atom. The van der Waals surface area contributed by atoms with Gasteiger partial charge < -0.3 is 19.4 Å². The van der Waals surface area contributed by atoms with E-state index in [0.717, 1.165) is 38.8 Å². The van der Waals surface area contributed by atoms with Gasteiger partial charge in [-0.05, 0) is 62.5 Å². The van der Waals surface area contributed by atoms with Crippen LogP contribution in [0.5, 0.6) is 5.75 Å². The van der Waals surface area contributed by atoms with E-state index in [-0.39, 0.29) is 40.8 Å². The summed E-state index contributed by atoms with van der Waals surface area (Å²) >= 11 is 0. The van der Waals surface area contributed by atoms with Gasteiger partial charge in [0, 0.05) is 36.7 Å². The number of nitrogens with one attached hydrogen (secondary N) is 1. The molecule has 2 bridgehead atoms. The normalized spacial score (nSPS) is 24.8. The Labute approximate surface area is 199 Å². The summed E-state index contributed by atoms with van der Waals surface area (Å²) in [6, 6.07) is 4.75. The van der Waals surface area contributed by atoms with E-state index >= 15 is 0 Å². The molecule has 1 aromatic heterocycles. The van der Waals surface area contributed by atoms with Crippen molar-refractivity contribution in [3.63, 3.8) is 0 Å². The fourth-order valence-corrected chi connectivity index (χ4v) is 5.74. The zero-order valence-corrected chi connectivity index (χ0v) is 19.9. The van der Waals surface area contributed by atoms with Gasteiger partial charge in [-0.25, -0.2) is 4.39 Å². The number of benzene rings is 1. The number of ether oxygens (including phenoxy) is 1. The molecule has 4 fully saturated rings. The first-order valence-corrected chi connectivity index (χ1v) is 12.5. The van der Waals surface area contributed by atoms with Crippen LogP contribution in [0.3, 0.4) is 0 Å². The van der Waals surface area contributed by atoms with Crippen molar-refractivity contribution >= 4 is 17.6 Å². The highest BCUT2D eigenvalue weighted by molar-refractivity contribution is 6.03. The highest BCUT2D eigenvalue weighted by Crippen LogP contribution is 2.46. The van der Waals surface area contributed by atoms with Crippen molar-refractivity contribution < 1.29 is 22.7 Å². The lowest BCUT2D eigenvalue weighted by atomic mass is 9.64. The third-order valence-electron chi connectivity index (χ3n) is 8.05. The Kier molecular flexibility index (Phi) is 6.25. The van der Waals surface area contributed by atoms with Crippen molar-refractivity contribution in [1.82, 2.24) is 4.98 Å². The van der Waals surface area contributed by atoms with Crippen molar-refractivity contribution in [2.24, 2.45) is 17.3 Å². The van der Waals surface area contributed by atoms with Crippen LogP contribution in [0.15, 0.2) is 22.6 Å². The van der Waals surface area contributed by atoms with E-state index in [1.807, 2.05) is 4.90 Å². The Morgan fingerprint density at radius 2 is 1.91 bits per heavy atom. The van der Waals surface area contributed by atoms with E-state index in [1.54, 1.807) is 12.1 Å². The van der Waals surface area contributed by atoms with Crippen molar-refractivity contribution in [3.8, 4) is 5.75 Å². The van der Waals surface area contributed by atoms with Crippen LogP contribution in [0.1, 0.15) is 68.6 Å². The van der Waals surface area contributed by atoms with E-state index in [9.17, 15) is 13.6 Å². The maximum Gasteiger partial charge on any atom is 0.298 e. The van der Waals surface area contributed by atoms with Crippen LogP contribution < -0.4 is 15.0 Å². The van der Waals surface area contributed by atoms with Gasteiger partial charge in [-0.2, -0.15) is 4.98 Å². The topological polar surface area (TPSA) is 67.6 Å². The van der Waals surface area contributed by atoms with Gasteiger partial charge in [0.1, 0.15) is 5.76 Å². The Bertz CT molecular complexity index is 1030. The summed E-state index contributed by atoms with van der Waals surface area (Å²) < 4.78 is 39.5. The number of fused-ring (bicyclic) bond motifs is 2. The van der Waals surface area contributed by atoms with Crippen molar-refractivity contribution in [3.05, 3.63) is 35.5 Å². The quantitative estimate of drug-likeness (QED) is 0.501. The number of rotatable bonds is 9. The standard InChI is InChI=1S/C26H33F2N3O3/c1-3-26(4-2)14-31(15-26)25-30-23(22(34-25)7-8-27)24(32)29-18-5-6-21(20(28)13-18)33-19-11-16-9-17(10-16)12-19/h5-6,13,16-17,19H,3-4,7-12,14-15H2,1-2H3,(H,29,32). The molecule has 2 aromatic rings. The molecule has 3 aliphatic carbocycles. The van der Waals surface area contributed by atoms with E-state index < -0.39 is 18.4 Å². The molecule has 6 rings (SSSR count). The first-order chi connectivity index (χ1) is 16.4. The minimum absolute atomic E-state index is 0.0409. The van der Waals surface area contributed by atoms with E-state index in [2.05, 4.69) is 24.1 Å². The molecule has 8 heteroatoms. The number of carbonyl (C=O) groups is 1. The smallest absolute Gasteiger partial charge is 0.298 e. The highest BCUT2D eigenvalue weighted by atomic mass is 19.1. The van der Waals surface area contributed by atoms with Crippen LogP contribution in [0.25, 0.3) is 0 Å². The largest absolute Gasteiger partial charge is 0.487 e. The van der Waals surface area contributed by atoms with Gasteiger partial charge in [0.25, 0.3) is 11.9 Å². The molecule has 1 saturated heterocycles. The summed E-state index contributed by atoms with van der Waals surface area (Å²) in [7, 11) is 0. The number of aryl methyl sites for hydroxylation is 1. The lowest BCUT2D eigenvalue weighted by Gasteiger charge is -2.48. The maximum atomic E-state index is 14.7. The summed E-state index contributed by atoms with van der Waals surface area (Å²) in [5.41, 5.74) is 0.564. The molecule has 1 N–H and O–H groups in total. The zero-order chi connectivity index (χ0) is 23.9. The zero-order valence-electron chi connectivity index (χ0n) is 19.9. The van der Waals surface area contributed by atoms with Crippen LogP contribution in [0, 0.1) is 23.1 Å². The number of aromatic nitrogens is 1. The van der Waals surface area contributed by atoms with Gasteiger partial charge in [0.2, 0.25) is 0 Å². The average Bonchev–Trinajstić information content (AvgIpc) is 3.19. The molecule has 1 aliphatic heterocycles. The van der Waals surface area contributed by atoms with Gasteiger partial charge in [0.05, 0.1) is 12.8 Å². The Balaban J connectivity index is 1.25. The molecule has 4 aliphatic rings. The third-order valence-corrected chi connectivity index (χ3v) is 8.05. The Morgan fingerprint density at radius 3 is 2.53 bits per heavy atom. The van der Waals surface area contributed by atoms with Crippen LogP contribution in [0.4, 0.5) is 20.5 Å². The number of halogens is 2. The SMILES string of the molecule is CCC1(CC)CN(c2nc(C(=O)Nc3ccc(OC4CC5CC(C5)C4)c(F)c3)c(CCF)o2)C1. The van der Waals surface area contributed by atoms with Gasteiger partial charge >= 0.3 is 0 Å². The molecule has 0 spiro atoms. The van der Waals surface area contributed by atoms with Crippen LogP contribution in [0.2, 0.25) is 0 Å². The third kappa shape index (κ3) is 4.39. The highest BCUT2D eigenvalue weighted by Gasteiger charge is 2.42. The van der Waals surface area contributed by atoms with Gasteiger partial charge in [-0.3, -0.25) is 9.18 Å². The summed E-state index contributed by atoms with van der Waals surface area (Å²) in [5.74, 6) is 0.784. The van der Waals surface area contributed by atoms with Crippen molar-refractivity contribution in [2.45, 2.75) is 64.9 Å². The number of hydrogen-bond acceptors (Lipinski definition) is 5. The molecule has 1 aromatic carbocycles. The van der Waals surface area contributed by atoms with Crippen LogP contribution in [-0.2, 0) is 6.42 Å². The number of oxazole rings is 1. The molecular weight excluding hydrogens is 440 g/mol. The predicted molar refractivity (Wildman–Crippen MR) is 126 cm³/mol. The lowest BCUT2D eigenvalue weighted by Crippen LogP contribution is -2.56. The minimum Gasteiger partial charge on any atom is -0.487 e. The molecule has 0 atom stereocenters. The predicted octanol–water partition coefficient (Wildman–Crippen LogP) is 5.77. The minimum atomic E-state index is -0.660.